The zero-order valence-electron chi connectivity index (χ0n) is 10.5. The fourth-order valence-corrected chi connectivity index (χ4v) is 2.17. The highest BCUT2D eigenvalue weighted by atomic mass is 32.2. The van der Waals surface area contributed by atoms with Crippen LogP contribution in [0.25, 0.3) is 0 Å². The van der Waals surface area contributed by atoms with Gasteiger partial charge in [-0.1, -0.05) is 13.8 Å². The molecule has 1 saturated heterocycles. The lowest BCUT2D eigenvalue weighted by atomic mass is 10.1. The van der Waals surface area contributed by atoms with Crippen LogP contribution in [-0.4, -0.2) is 41.1 Å². The number of rotatable bonds is 5. The molecule has 0 aromatic heterocycles. The van der Waals surface area contributed by atoms with Crippen molar-refractivity contribution in [3.8, 4) is 0 Å². The Labute approximate surface area is 110 Å². The van der Waals surface area contributed by atoms with E-state index in [1.807, 2.05) is 13.8 Å². The van der Waals surface area contributed by atoms with E-state index < -0.39 is 39.6 Å². The van der Waals surface area contributed by atoms with Crippen molar-refractivity contribution < 1.29 is 32.2 Å². The van der Waals surface area contributed by atoms with E-state index in [0.717, 1.165) is 0 Å². The Kier molecular flexibility index (Phi) is 4.64. The largest absolute Gasteiger partial charge is 0.333 e. The number of hydrogen-bond acceptors (Lipinski definition) is 6. The number of carbonyl (C=O) groups excluding carboxylic acids is 3. The summed E-state index contributed by atoms with van der Waals surface area (Å²) in [7, 11) is -4.68. The summed E-state index contributed by atoms with van der Waals surface area (Å²) in [6.07, 6.45) is -0.211. The second-order valence-corrected chi connectivity index (χ2v) is 6.23. The zero-order valence-corrected chi connectivity index (χ0v) is 11.3. The van der Waals surface area contributed by atoms with E-state index in [4.69, 9.17) is 4.55 Å². The Morgan fingerprint density at radius 3 is 2.47 bits per heavy atom. The minimum atomic E-state index is -4.68. The molecule has 1 atom stereocenters. The van der Waals surface area contributed by atoms with Gasteiger partial charge in [-0.25, -0.2) is 4.79 Å². The van der Waals surface area contributed by atoms with Crippen LogP contribution in [0.3, 0.4) is 0 Å². The van der Waals surface area contributed by atoms with Crippen molar-refractivity contribution in [2.24, 2.45) is 5.92 Å². The van der Waals surface area contributed by atoms with E-state index in [2.05, 4.69) is 4.84 Å². The first-order chi connectivity index (χ1) is 8.62. The molecule has 0 aromatic carbocycles. The molecule has 19 heavy (non-hydrogen) atoms. The van der Waals surface area contributed by atoms with Gasteiger partial charge < -0.3 is 4.84 Å². The first-order valence-corrected chi connectivity index (χ1v) is 7.17. The third kappa shape index (κ3) is 4.00. The van der Waals surface area contributed by atoms with Gasteiger partial charge in [0.25, 0.3) is 21.9 Å². The van der Waals surface area contributed by atoms with E-state index in [0.29, 0.717) is 6.42 Å². The van der Waals surface area contributed by atoms with Gasteiger partial charge in [0.2, 0.25) is 0 Å². The van der Waals surface area contributed by atoms with Gasteiger partial charge in [0.05, 0.1) is 6.42 Å². The molecule has 1 fully saturated rings. The summed E-state index contributed by atoms with van der Waals surface area (Å²) in [5.41, 5.74) is 0. The topological polar surface area (TPSA) is 118 Å². The molecule has 0 aliphatic carbocycles. The van der Waals surface area contributed by atoms with Crippen LogP contribution in [0, 0.1) is 5.92 Å². The molecule has 0 saturated carbocycles. The molecule has 0 bridgehead atoms. The highest BCUT2D eigenvalue weighted by molar-refractivity contribution is 7.87. The molecule has 108 valence electrons. The van der Waals surface area contributed by atoms with Crippen molar-refractivity contribution >= 4 is 27.9 Å². The van der Waals surface area contributed by atoms with Crippen molar-refractivity contribution in [1.82, 2.24) is 5.06 Å². The maximum absolute atomic E-state index is 11.5. The molecule has 1 heterocycles. The first kappa shape index (κ1) is 15.6. The molecule has 1 unspecified atom stereocenters. The molecule has 0 aromatic rings. The van der Waals surface area contributed by atoms with E-state index in [9.17, 15) is 22.8 Å². The number of hydroxylamine groups is 2. The Morgan fingerprint density at radius 1 is 1.47 bits per heavy atom. The van der Waals surface area contributed by atoms with Crippen molar-refractivity contribution in [1.29, 1.82) is 0 Å². The summed E-state index contributed by atoms with van der Waals surface area (Å²) in [6, 6.07) is 0. The molecule has 8 nitrogen and oxygen atoms in total. The summed E-state index contributed by atoms with van der Waals surface area (Å²) in [5, 5.41) is -1.78. The average molecular weight is 293 g/mol. The molecule has 1 rings (SSSR count). The Morgan fingerprint density at radius 2 is 2.05 bits per heavy atom. The van der Waals surface area contributed by atoms with Gasteiger partial charge in [0, 0.05) is 6.42 Å². The van der Waals surface area contributed by atoms with Crippen LogP contribution in [-0.2, 0) is 29.3 Å². The van der Waals surface area contributed by atoms with Gasteiger partial charge >= 0.3 is 5.97 Å². The van der Waals surface area contributed by atoms with Gasteiger partial charge in [-0.15, -0.1) is 5.06 Å². The Balaban J connectivity index is 2.67. The van der Waals surface area contributed by atoms with Crippen LogP contribution >= 0.6 is 0 Å². The molecule has 0 radical (unpaired) electrons. The van der Waals surface area contributed by atoms with Gasteiger partial charge in [0.1, 0.15) is 0 Å². The maximum Gasteiger partial charge on any atom is 0.333 e. The van der Waals surface area contributed by atoms with E-state index in [1.165, 1.54) is 0 Å². The molecule has 1 aliphatic heterocycles. The number of hydrogen-bond donors (Lipinski definition) is 1. The summed E-state index contributed by atoms with van der Waals surface area (Å²) in [5.74, 6) is -2.77. The molecular formula is C10H15NO7S. The quantitative estimate of drug-likeness (QED) is 0.555. The number of imide groups is 1. The number of amides is 2. The lowest BCUT2D eigenvalue weighted by molar-refractivity contribution is -0.197. The molecule has 0 spiro atoms. The highest BCUT2D eigenvalue weighted by Crippen LogP contribution is 2.20. The molecule has 9 heteroatoms. The van der Waals surface area contributed by atoms with Crippen LogP contribution in [0.4, 0.5) is 0 Å². The monoisotopic (exact) mass is 293 g/mol. The molecule has 2 amide bonds. The van der Waals surface area contributed by atoms with E-state index >= 15 is 0 Å². The van der Waals surface area contributed by atoms with Crippen LogP contribution in [0.1, 0.15) is 33.1 Å². The van der Waals surface area contributed by atoms with Crippen LogP contribution in [0.15, 0.2) is 0 Å². The maximum atomic E-state index is 11.5. The molecular weight excluding hydrogens is 278 g/mol. The second-order valence-electron chi connectivity index (χ2n) is 4.63. The van der Waals surface area contributed by atoms with Crippen molar-refractivity contribution in [3.05, 3.63) is 0 Å². The highest BCUT2D eigenvalue weighted by Gasteiger charge is 2.48. The SMILES string of the molecule is CC(C)CCC(=O)ON1C(=O)CC(S(=O)(=O)O)C1=O. The standard InChI is InChI=1S/C10H15NO7S/c1-6(2)3-4-9(13)18-11-8(12)5-7(10(11)14)19(15,16)17/h6-7H,3-5H2,1-2H3,(H,15,16,17). The van der Waals surface area contributed by atoms with Crippen LogP contribution in [0.5, 0.6) is 0 Å². The van der Waals surface area contributed by atoms with E-state index in [1.54, 1.807) is 0 Å². The normalized spacial score (nSPS) is 20.2. The van der Waals surface area contributed by atoms with Crippen molar-refractivity contribution in [2.45, 2.75) is 38.4 Å². The van der Waals surface area contributed by atoms with Gasteiger partial charge in [-0.3, -0.25) is 14.1 Å². The summed E-state index contributed by atoms with van der Waals surface area (Å²) in [4.78, 5) is 38.8. The van der Waals surface area contributed by atoms with E-state index in [-0.39, 0.29) is 17.4 Å². The van der Waals surface area contributed by atoms with Crippen LogP contribution < -0.4 is 0 Å². The lowest BCUT2D eigenvalue weighted by Crippen LogP contribution is -2.36. The van der Waals surface area contributed by atoms with Crippen molar-refractivity contribution in [2.75, 3.05) is 0 Å². The summed E-state index contributed by atoms with van der Waals surface area (Å²) >= 11 is 0. The van der Waals surface area contributed by atoms with Gasteiger partial charge in [-0.2, -0.15) is 8.42 Å². The molecule has 1 aliphatic rings. The predicted molar refractivity (Wildman–Crippen MR) is 62.0 cm³/mol. The summed E-state index contributed by atoms with van der Waals surface area (Å²) < 4.78 is 30.5. The first-order valence-electron chi connectivity index (χ1n) is 5.66. The Hall–Kier alpha value is -1.48. The third-order valence-electron chi connectivity index (χ3n) is 2.54. The smallest absolute Gasteiger partial charge is 0.330 e. The van der Waals surface area contributed by atoms with Gasteiger partial charge in [-0.05, 0) is 12.3 Å². The third-order valence-corrected chi connectivity index (χ3v) is 3.63. The minimum Gasteiger partial charge on any atom is -0.330 e. The lowest BCUT2D eigenvalue weighted by Gasteiger charge is -2.13. The fourth-order valence-electron chi connectivity index (χ4n) is 1.47. The average Bonchev–Trinajstić information content (AvgIpc) is 2.54. The number of carbonyl (C=O) groups is 3. The summed E-state index contributed by atoms with van der Waals surface area (Å²) in [6.45, 7) is 3.77. The number of nitrogens with zero attached hydrogens (tertiary/aromatic N) is 1. The van der Waals surface area contributed by atoms with Crippen LogP contribution in [0.2, 0.25) is 0 Å². The van der Waals surface area contributed by atoms with Gasteiger partial charge in [0.15, 0.2) is 5.25 Å². The zero-order chi connectivity index (χ0) is 14.8. The second kappa shape index (κ2) is 5.66. The Bertz CT molecular complexity index is 496. The predicted octanol–water partition coefficient (Wildman–Crippen LogP) is -0.104. The van der Waals surface area contributed by atoms with Crippen molar-refractivity contribution in [3.63, 3.8) is 0 Å². The molecule has 1 N–H and O–H groups in total. The minimum absolute atomic E-state index is 0.00523. The fraction of sp³-hybridized carbons (Fsp3) is 0.700.